The summed E-state index contributed by atoms with van der Waals surface area (Å²) >= 11 is 0. The Morgan fingerprint density at radius 3 is 1.16 bits per heavy atom. The average molecular weight is 431 g/mol. The molecule has 3 aromatic rings. The van der Waals surface area contributed by atoms with Gasteiger partial charge >= 0.3 is 0 Å². The normalized spacial score (nSPS) is 19.1. The third-order valence-electron chi connectivity index (χ3n) is 5.94. The minimum absolute atomic E-state index is 0.338. The van der Waals surface area contributed by atoms with Gasteiger partial charge in [0.05, 0.1) is 39.6 Å². The van der Waals surface area contributed by atoms with E-state index >= 15 is 0 Å². The smallest absolute Gasteiger partial charge is 0.104 e. The van der Waals surface area contributed by atoms with E-state index in [0.717, 1.165) is 52.5 Å². The van der Waals surface area contributed by atoms with Gasteiger partial charge in [-0.25, -0.2) is 0 Å². The maximum atomic E-state index is 5.64. The van der Waals surface area contributed by atoms with Gasteiger partial charge in [-0.2, -0.15) is 0 Å². The van der Waals surface area contributed by atoms with Crippen molar-refractivity contribution in [2.75, 3.05) is 39.6 Å². The Kier molecular flexibility index (Phi) is 6.95. The second-order valence-corrected chi connectivity index (χ2v) is 8.53. The third-order valence-corrected chi connectivity index (χ3v) is 5.94. The molecule has 166 valence electrons. The molecular weight excluding hydrogens is 400 g/mol. The zero-order chi connectivity index (χ0) is 21.6. The summed E-state index contributed by atoms with van der Waals surface area (Å²) in [5.41, 5.74) is 7.53. The standard InChI is InChI=1S/C28H30O4/c1-5-23(6-2-21(1)13-15-29-17-27-19-31-27)25-9-11-26(12-10-25)24-7-3-22(4-8-24)14-16-30-18-28-20-32-28/h1-12,27-28H,13-20H2. The maximum absolute atomic E-state index is 5.64. The molecule has 5 rings (SSSR count). The van der Waals surface area contributed by atoms with Crippen LogP contribution in [0.4, 0.5) is 0 Å². The summed E-state index contributed by atoms with van der Waals surface area (Å²) in [7, 11) is 0. The molecular formula is C28H30O4. The molecule has 0 aliphatic carbocycles. The summed E-state index contributed by atoms with van der Waals surface area (Å²) < 4.78 is 21.6. The van der Waals surface area contributed by atoms with Crippen LogP contribution in [0.25, 0.3) is 22.3 Å². The Bertz CT molecular complexity index is 889. The third kappa shape index (κ3) is 6.27. The number of benzene rings is 3. The van der Waals surface area contributed by atoms with Crippen molar-refractivity contribution < 1.29 is 18.9 Å². The van der Waals surface area contributed by atoms with Crippen LogP contribution in [0, 0.1) is 0 Å². The van der Waals surface area contributed by atoms with E-state index in [4.69, 9.17) is 18.9 Å². The first-order valence-electron chi connectivity index (χ1n) is 11.5. The number of epoxide rings is 2. The predicted octanol–water partition coefficient (Wildman–Crippen LogP) is 4.94. The Labute approximate surface area is 190 Å². The summed E-state index contributed by atoms with van der Waals surface area (Å²) in [6, 6.07) is 26.4. The van der Waals surface area contributed by atoms with E-state index in [9.17, 15) is 0 Å². The first kappa shape index (κ1) is 21.4. The molecule has 2 atom stereocenters. The fourth-order valence-electron chi connectivity index (χ4n) is 3.72. The largest absolute Gasteiger partial charge is 0.378 e. The molecule has 4 nitrogen and oxygen atoms in total. The minimum atomic E-state index is 0.338. The van der Waals surface area contributed by atoms with Crippen LogP contribution in [0.2, 0.25) is 0 Å². The SMILES string of the molecule is c1cc(-c2ccc(-c3ccc(CCOCC4CO4)cc3)cc2)ccc1CCOCC1CO1. The van der Waals surface area contributed by atoms with Crippen molar-refractivity contribution in [1.82, 2.24) is 0 Å². The molecule has 2 saturated heterocycles. The number of hydrogen-bond donors (Lipinski definition) is 0. The Balaban J connectivity index is 1.12. The molecule has 2 fully saturated rings. The summed E-state index contributed by atoms with van der Waals surface area (Å²) in [6.45, 7) is 4.63. The fraction of sp³-hybridized carbons (Fsp3) is 0.357. The molecule has 4 heteroatoms. The fourth-order valence-corrected chi connectivity index (χ4v) is 3.72. The van der Waals surface area contributed by atoms with Gasteiger partial charge in [0.2, 0.25) is 0 Å². The van der Waals surface area contributed by atoms with E-state index in [-0.39, 0.29) is 0 Å². The van der Waals surface area contributed by atoms with Crippen molar-refractivity contribution in [2.45, 2.75) is 25.0 Å². The lowest BCUT2D eigenvalue weighted by Gasteiger charge is -2.08. The van der Waals surface area contributed by atoms with Gasteiger partial charge in [-0.1, -0.05) is 72.8 Å². The number of ether oxygens (including phenoxy) is 4. The van der Waals surface area contributed by atoms with E-state index in [0.29, 0.717) is 12.2 Å². The van der Waals surface area contributed by atoms with Crippen LogP contribution in [0.3, 0.4) is 0 Å². The van der Waals surface area contributed by atoms with Crippen LogP contribution in [0.5, 0.6) is 0 Å². The van der Waals surface area contributed by atoms with Crippen LogP contribution in [0.1, 0.15) is 11.1 Å². The van der Waals surface area contributed by atoms with E-state index in [1.807, 2.05) is 0 Å². The summed E-state index contributed by atoms with van der Waals surface area (Å²) in [4.78, 5) is 0. The topological polar surface area (TPSA) is 43.5 Å². The highest BCUT2D eigenvalue weighted by Crippen LogP contribution is 2.26. The molecule has 2 heterocycles. The molecule has 2 aliphatic heterocycles. The Hall–Kier alpha value is -2.50. The minimum Gasteiger partial charge on any atom is -0.378 e. The van der Waals surface area contributed by atoms with Crippen molar-refractivity contribution in [3.8, 4) is 22.3 Å². The van der Waals surface area contributed by atoms with Crippen molar-refractivity contribution in [3.63, 3.8) is 0 Å². The maximum Gasteiger partial charge on any atom is 0.104 e. The molecule has 3 aromatic carbocycles. The molecule has 0 radical (unpaired) electrons. The molecule has 2 unspecified atom stereocenters. The molecule has 32 heavy (non-hydrogen) atoms. The zero-order valence-corrected chi connectivity index (χ0v) is 18.4. The van der Waals surface area contributed by atoms with Crippen LogP contribution in [-0.4, -0.2) is 51.8 Å². The van der Waals surface area contributed by atoms with E-state index in [1.54, 1.807) is 0 Å². The van der Waals surface area contributed by atoms with Gasteiger partial charge in [0.15, 0.2) is 0 Å². The zero-order valence-electron chi connectivity index (χ0n) is 18.4. The Morgan fingerprint density at radius 1 is 0.531 bits per heavy atom. The van der Waals surface area contributed by atoms with Crippen LogP contribution >= 0.6 is 0 Å². The van der Waals surface area contributed by atoms with E-state index in [2.05, 4.69) is 72.8 Å². The highest BCUT2D eigenvalue weighted by atomic mass is 16.6. The van der Waals surface area contributed by atoms with E-state index < -0.39 is 0 Å². The summed E-state index contributed by atoms with van der Waals surface area (Å²) in [6.07, 6.45) is 2.54. The molecule has 0 spiro atoms. The quantitative estimate of drug-likeness (QED) is 0.302. The van der Waals surface area contributed by atoms with E-state index in [1.165, 1.54) is 33.4 Å². The van der Waals surface area contributed by atoms with Gasteiger partial charge < -0.3 is 18.9 Å². The average Bonchev–Trinajstić information content (AvgIpc) is 3.76. The predicted molar refractivity (Wildman–Crippen MR) is 126 cm³/mol. The molecule has 0 bridgehead atoms. The summed E-state index contributed by atoms with van der Waals surface area (Å²) in [5, 5.41) is 0. The number of rotatable bonds is 12. The lowest BCUT2D eigenvalue weighted by molar-refractivity contribution is 0.119. The second-order valence-electron chi connectivity index (χ2n) is 8.53. The highest BCUT2D eigenvalue weighted by Gasteiger charge is 2.22. The molecule has 2 aliphatic rings. The highest BCUT2D eigenvalue weighted by molar-refractivity contribution is 5.70. The van der Waals surface area contributed by atoms with Crippen LogP contribution < -0.4 is 0 Å². The van der Waals surface area contributed by atoms with Crippen molar-refractivity contribution in [3.05, 3.63) is 83.9 Å². The molecule has 0 aromatic heterocycles. The van der Waals surface area contributed by atoms with Crippen molar-refractivity contribution in [2.24, 2.45) is 0 Å². The lowest BCUT2D eigenvalue weighted by atomic mass is 9.98. The molecule has 0 amide bonds. The molecule has 0 N–H and O–H groups in total. The van der Waals surface area contributed by atoms with Gasteiger partial charge in [0.1, 0.15) is 12.2 Å². The molecule has 0 saturated carbocycles. The number of hydrogen-bond acceptors (Lipinski definition) is 4. The summed E-state index contributed by atoms with van der Waals surface area (Å²) in [5.74, 6) is 0. The van der Waals surface area contributed by atoms with Gasteiger partial charge in [0, 0.05) is 0 Å². The van der Waals surface area contributed by atoms with Crippen molar-refractivity contribution in [1.29, 1.82) is 0 Å². The first-order valence-corrected chi connectivity index (χ1v) is 11.5. The van der Waals surface area contributed by atoms with Gasteiger partial charge in [-0.3, -0.25) is 0 Å². The second kappa shape index (κ2) is 10.4. The van der Waals surface area contributed by atoms with Gasteiger partial charge in [0.25, 0.3) is 0 Å². The van der Waals surface area contributed by atoms with Crippen LogP contribution in [0.15, 0.2) is 72.8 Å². The van der Waals surface area contributed by atoms with Crippen LogP contribution in [-0.2, 0) is 31.8 Å². The van der Waals surface area contributed by atoms with Gasteiger partial charge in [-0.15, -0.1) is 0 Å². The Morgan fingerprint density at radius 2 is 0.844 bits per heavy atom. The van der Waals surface area contributed by atoms with Gasteiger partial charge in [-0.05, 0) is 46.2 Å². The lowest BCUT2D eigenvalue weighted by Crippen LogP contribution is -2.04. The first-order chi connectivity index (χ1) is 15.8. The monoisotopic (exact) mass is 430 g/mol. The van der Waals surface area contributed by atoms with Crippen molar-refractivity contribution >= 4 is 0 Å².